The Balaban J connectivity index is 1.33. The Hall–Kier alpha value is -3.51. The van der Waals surface area contributed by atoms with Crippen LogP contribution in [0.15, 0.2) is 36.5 Å². The maximum atomic E-state index is 13.1. The van der Waals surface area contributed by atoms with E-state index in [-0.39, 0.29) is 17.7 Å². The van der Waals surface area contributed by atoms with Gasteiger partial charge in [-0.2, -0.15) is 10.2 Å². The maximum absolute atomic E-state index is 13.1. The van der Waals surface area contributed by atoms with Crippen LogP contribution in [0.3, 0.4) is 0 Å². The van der Waals surface area contributed by atoms with Gasteiger partial charge in [-0.05, 0) is 61.8 Å². The number of ether oxygens (including phenoxy) is 1. The standard InChI is InChI=1S/C25H28N6O3/c1-27-21(32)24(10-14-34-15-11-24)17-4-6-19(7-5-17)29-23-28-12-8-20(30-23)31-13-9-25(16-26,22(31)33)18-2-3-18/h4-8,12,18H,2-3,9-11,13-15H2,1H3,(H,27,32)(H,28,29,30)/t25-/m1/s1. The van der Waals surface area contributed by atoms with Crippen LogP contribution in [-0.4, -0.2) is 48.6 Å². The smallest absolute Gasteiger partial charge is 0.248 e. The van der Waals surface area contributed by atoms with Crippen LogP contribution in [0.2, 0.25) is 0 Å². The number of carbonyl (C=O) groups excluding carboxylic acids is 2. The third-order valence-corrected chi connectivity index (χ3v) is 7.45. The summed E-state index contributed by atoms with van der Waals surface area (Å²) in [5.74, 6) is 0.885. The third-order valence-electron chi connectivity index (χ3n) is 7.45. The van der Waals surface area contributed by atoms with Gasteiger partial charge in [0.15, 0.2) is 0 Å². The summed E-state index contributed by atoms with van der Waals surface area (Å²) in [4.78, 5) is 36.2. The van der Waals surface area contributed by atoms with Crippen LogP contribution in [0.1, 0.15) is 37.7 Å². The van der Waals surface area contributed by atoms with Crippen molar-refractivity contribution in [3.8, 4) is 6.07 Å². The third kappa shape index (κ3) is 3.68. The van der Waals surface area contributed by atoms with Gasteiger partial charge < -0.3 is 15.4 Å². The first-order valence-electron chi connectivity index (χ1n) is 11.8. The van der Waals surface area contributed by atoms with Gasteiger partial charge in [0.2, 0.25) is 17.8 Å². The van der Waals surface area contributed by atoms with Gasteiger partial charge in [-0.15, -0.1) is 0 Å². The number of hydrogen-bond donors (Lipinski definition) is 2. The number of nitrogens with zero attached hydrogens (tertiary/aromatic N) is 4. The summed E-state index contributed by atoms with van der Waals surface area (Å²) in [6, 6.07) is 11.7. The number of anilines is 3. The predicted octanol–water partition coefficient (Wildman–Crippen LogP) is 2.67. The van der Waals surface area contributed by atoms with Gasteiger partial charge in [-0.3, -0.25) is 14.5 Å². The van der Waals surface area contributed by atoms with E-state index in [2.05, 4.69) is 26.7 Å². The summed E-state index contributed by atoms with van der Waals surface area (Å²) in [7, 11) is 1.66. The second-order valence-electron chi connectivity index (χ2n) is 9.28. The van der Waals surface area contributed by atoms with Gasteiger partial charge in [0.1, 0.15) is 11.2 Å². The molecule has 2 saturated heterocycles. The lowest BCUT2D eigenvalue weighted by atomic mass is 9.73. The summed E-state index contributed by atoms with van der Waals surface area (Å²) < 4.78 is 5.49. The minimum atomic E-state index is -0.904. The van der Waals surface area contributed by atoms with E-state index in [0.717, 1.165) is 24.1 Å². The van der Waals surface area contributed by atoms with Gasteiger partial charge in [0, 0.05) is 38.7 Å². The summed E-state index contributed by atoms with van der Waals surface area (Å²) in [5, 5.41) is 15.7. The Kier molecular flexibility index (Phi) is 5.70. The number of rotatable bonds is 6. The molecule has 1 aromatic carbocycles. The van der Waals surface area contributed by atoms with Crippen LogP contribution in [0.25, 0.3) is 0 Å². The molecule has 176 valence electrons. The SMILES string of the molecule is CNC(=O)C1(c2ccc(Nc3nccc(N4CC[C@@](C#N)(C5CC5)C4=O)n3)cc2)CCOCC1. The number of nitriles is 1. The van der Waals surface area contributed by atoms with Gasteiger partial charge in [-0.1, -0.05) is 12.1 Å². The molecule has 3 aliphatic rings. The Bertz CT molecular complexity index is 1130. The number of aromatic nitrogens is 2. The Morgan fingerprint density at radius 2 is 1.91 bits per heavy atom. The minimum Gasteiger partial charge on any atom is -0.381 e. The molecule has 0 unspecified atom stereocenters. The average Bonchev–Trinajstić information content (AvgIpc) is 3.68. The average molecular weight is 461 g/mol. The van der Waals surface area contributed by atoms with Crippen molar-refractivity contribution < 1.29 is 14.3 Å². The fourth-order valence-electron chi connectivity index (χ4n) is 5.27. The van der Waals surface area contributed by atoms with E-state index in [1.165, 1.54) is 0 Å². The Morgan fingerprint density at radius 3 is 2.56 bits per heavy atom. The molecular formula is C25H28N6O3. The first-order chi connectivity index (χ1) is 16.5. The molecule has 9 heteroatoms. The van der Waals surface area contributed by atoms with Gasteiger partial charge >= 0.3 is 0 Å². The maximum Gasteiger partial charge on any atom is 0.248 e. The molecule has 2 aromatic rings. The van der Waals surface area contributed by atoms with Gasteiger partial charge in [0.05, 0.1) is 11.5 Å². The zero-order valence-electron chi connectivity index (χ0n) is 19.2. The number of benzene rings is 1. The highest BCUT2D eigenvalue weighted by Gasteiger charge is 2.57. The lowest BCUT2D eigenvalue weighted by Crippen LogP contribution is -2.46. The lowest BCUT2D eigenvalue weighted by molar-refractivity contribution is -0.130. The zero-order valence-corrected chi connectivity index (χ0v) is 19.2. The molecule has 3 fully saturated rings. The molecule has 0 radical (unpaired) electrons. The number of nitrogens with one attached hydrogen (secondary N) is 2. The van der Waals surface area contributed by atoms with Crippen molar-refractivity contribution in [2.24, 2.45) is 11.3 Å². The number of likely N-dealkylation sites (N-methyl/N-ethyl adjacent to an activating group) is 1. The molecule has 2 N–H and O–H groups in total. The summed E-state index contributed by atoms with van der Waals surface area (Å²) in [6.45, 7) is 1.59. The van der Waals surface area contributed by atoms with Crippen LogP contribution in [0.4, 0.5) is 17.5 Å². The number of carbonyl (C=O) groups is 2. The van der Waals surface area contributed by atoms with E-state index in [0.29, 0.717) is 50.8 Å². The van der Waals surface area contributed by atoms with E-state index in [9.17, 15) is 14.9 Å². The molecular weight excluding hydrogens is 432 g/mol. The van der Waals surface area contributed by atoms with Crippen molar-refractivity contribution in [1.82, 2.24) is 15.3 Å². The van der Waals surface area contributed by atoms with Gasteiger partial charge in [-0.25, -0.2) is 4.98 Å². The van der Waals surface area contributed by atoms with E-state index < -0.39 is 10.8 Å². The fraction of sp³-hybridized carbons (Fsp3) is 0.480. The van der Waals surface area contributed by atoms with E-state index >= 15 is 0 Å². The van der Waals surface area contributed by atoms with Gasteiger partial charge in [0.25, 0.3) is 0 Å². The molecule has 34 heavy (non-hydrogen) atoms. The normalized spacial score (nSPS) is 23.9. The quantitative estimate of drug-likeness (QED) is 0.680. The number of amides is 2. The predicted molar refractivity (Wildman–Crippen MR) is 125 cm³/mol. The largest absolute Gasteiger partial charge is 0.381 e. The molecule has 1 aromatic heterocycles. The molecule has 1 saturated carbocycles. The fourth-order valence-corrected chi connectivity index (χ4v) is 5.27. The molecule has 9 nitrogen and oxygen atoms in total. The van der Waals surface area contributed by atoms with Crippen LogP contribution in [0.5, 0.6) is 0 Å². The molecule has 2 aliphatic heterocycles. The summed E-state index contributed by atoms with van der Waals surface area (Å²) in [6.07, 6.45) is 5.30. The van der Waals surface area contributed by atoms with Crippen molar-refractivity contribution in [1.29, 1.82) is 5.26 Å². The van der Waals surface area contributed by atoms with E-state index in [1.54, 1.807) is 24.2 Å². The second-order valence-corrected chi connectivity index (χ2v) is 9.28. The van der Waals surface area contributed by atoms with Crippen LogP contribution < -0.4 is 15.5 Å². The second kappa shape index (κ2) is 8.69. The molecule has 1 atom stereocenters. The summed E-state index contributed by atoms with van der Waals surface area (Å²) >= 11 is 0. The molecule has 1 aliphatic carbocycles. The lowest BCUT2D eigenvalue weighted by Gasteiger charge is -2.35. The highest BCUT2D eigenvalue weighted by atomic mass is 16.5. The molecule has 3 heterocycles. The Morgan fingerprint density at radius 1 is 1.18 bits per heavy atom. The minimum absolute atomic E-state index is 0.00228. The molecule has 5 rings (SSSR count). The van der Waals surface area contributed by atoms with Crippen LogP contribution in [0, 0.1) is 22.7 Å². The molecule has 0 spiro atoms. The highest BCUT2D eigenvalue weighted by Crippen LogP contribution is 2.51. The van der Waals surface area contributed by atoms with Crippen LogP contribution >= 0.6 is 0 Å². The highest BCUT2D eigenvalue weighted by molar-refractivity contribution is 6.01. The van der Waals surface area contributed by atoms with E-state index in [1.807, 2.05) is 24.3 Å². The van der Waals surface area contributed by atoms with Crippen molar-refractivity contribution >= 4 is 29.3 Å². The van der Waals surface area contributed by atoms with Crippen molar-refractivity contribution in [3.05, 3.63) is 42.1 Å². The summed E-state index contributed by atoms with van der Waals surface area (Å²) in [5.41, 5.74) is 0.231. The first-order valence-corrected chi connectivity index (χ1v) is 11.8. The zero-order chi connectivity index (χ0) is 23.8. The number of hydrogen-bond acceptors (Lipinski definition) is 7. The van der Waals surface area contributed by atoms with Crippen molar-refractivity contribution in [2.45, 2.75) is 37.5 Å². The van der Waals surface area contributed by atoms with Crippen molar-refractivity contribution in [3.63, 3.8) is 0 Å². The molecule has 0 bridgehead atoms. The molecule has 2 amide bonds. The monoisotopic (exact) mass is 460 g/mol. The van der Waals surface area contributed by atoms with E-state index in [4.69, 9.17) is 4.74 Å². The van der Waals surface area contributed by atoms with Crippen LogP contribution in [-0.2, 0) is 19.7 Å². The van der Waals surface area contributed by atoms with Crippen molar-refractivity contribution in [2.75, 3.05) is 37.0 Å². The Labute approximate surface area is 198 Å². The first kappa shape index (κ1) is 22.3. The topological polar surface area (TPSA) is 120 Å².